The Morgan fingerprint density at radius 3 is 3.00 bits per heavy atom. The van der Waals surface area contributed by atoms with Crippen LogP contribution < -0.4 is 0 Å². The molecule has 0 amide bonds. The molecular weight excluding hydrogens is 182 g/mol. The van der Waals surface area contributed by atoms with E-state index in [1.165, 1.54) is 0 Å². The summed E-state index contributed by atoms with van der Waals surface area (Å²) in [5.41, 5.74) is 0. The van der Waals surface area contributed by atoms with Crippen LogP contribution in [0.1, 0.15) is 33.1 Å². The van der Waals surface area contributed by atoms with Gasteiger partial charge in [0.25, 0.3) is 0 Å². The standard InChI is InChI=1S/C10H19NO3/c1-3-8(2)10(13)14-11-6-4-5-9(11)7-12/h8-9,12H,3-7H2,1-2H3/t8?,9-/m1/s1. The minimum Gasteiger partial charge on any atom is -0.395 e. The first-order chi connectivity index (χ1) is 6.69. The molecule has 4 nitrogen and oxygen atoms in total. The lowest BCUT2D eigenvalue weighted by atomic mass is 10.1. The van der Waals surface area contributed by atoms with Crippen molar-refractivity contribution in [1.29, 1.82) is 0 Å². The largest absolute Gasteiger partial charge is 0.395 e. The number of aliphatic hydroxyl groups excluding tert-OH is 1. The van der Waals surface area contributed by atoms with Crippen LogP contribution in [-0.2, 0) is 9.63 Å². The van der Waals surface area contributed by atoms with Gasteiger partial charge >= 0.3 is 5.97 Å². The molecule has 1 unspecified atom stereocenters. The van der Waals surface area contributed by atoms with E-state index >= 15 is 0 Å². The highest BCUT2D eigenvalue weighted by atomic mass is 16.7. The Kier molecular flexibility index (Phi) is 4.35. The van der Waals surface area contributed by atoms with E-state index in [0.29, 0.717) is 0 Å². The van der Waals surface area contributed by atoms with Crippen LogP contribution in [0.5, 0.6) is 0 Å². The number of rotatable bonds is 4. The molecule has 0 radical (unpaired) electrons. The van der Waals surface area contributed by atoms with E-state index in [2.05, 4.69) is 0 Å². The predicted octanol–water partition coefficient (Wildman–Crippen LogP) is 0.947. The first-order valence-corrected chi connectivity index (χ1v) is 5.28. The molecule has 0 aromatic rings. The molecule has 0 spiro atoms. The highest BCUT2D eigenvalue weighted by Gasteiger charge is 2.28. The second-order valence-corrected chi connectivity index (χ2v) is 3.84. The highest BCUT2D eigenvalue weighted by Crippen LogP contribution is 2.18. The van der Waals surface area contributed by atoms with Crippen molar-refractivity contribution < 1.29 is 14.7 Å². The Balaban J connectivity index is 2.39. The van der Waals surface area contributed by atoms with Gasteiger partial charge in [-0.1, -0.05) is 13.8 Å². The van der Waals surface area contributed by atoms with Crippen molar-refractivity contribution in [2.24, 2.45) is 5.92 Å². The Bertz CT molecular complexity index is 196. The fourth-order valence-corrected chi connectivity index (χ4v) is 1.48. The van der Waals surface area contributed by atoms with Crippen molar-refractivity contribution in [1.82, 2.24) is 5.06 Å². The van der Waals surface area contributed by atoms with Gasteiger partial charge in [-0.3, -0.25) is 4.79 Å². The number of nitrogens with zero attached hydrogens (tertiary/aromatic N) is 1. The van der Waals surface area contributed by atoms with Crippen LogP contribution in [-0.4, -0.2) is 35.3 Å². The van der Waals surface area contributed by atoms with E-state index in [-0.39, 0.29) is 24.5 Å². The molecule has 1 saturated heterocycles. The Labute approximate surface area is 84.8 Å². The van der Waals surface area contributed by atoms with Crippen LogP contribution in [0, 0.1) is 5.92 Å². The average Bonchev–Trinajstić information content (AvgIpc) is 2.63. The molecule has 0 saturated carbocycles. The van der Waals surface area contributed by atoms with E-state index in [0.717, 1.165) is 25.8 Å². The molecular formula is C10H19NO3. The zero-order valence-electron chi connectivity index (χ0n) is 8.90. The SMILES string of the molecule is CCC(C)C(=O)ON1CCC[C@@H]1CO. The summed E-state index contributed by atoms with van der Waals surface area (Å²) < 4.78 is 0. The lowest BCUT2D eigenvalue weighted by molar-refractivity contribution is -0.201. The molecule has 1 rings (SSSR count). The van der Waals surface area contributed by atoms with Crippen molar-refractivity contribution in [2.75, 3.05) is 13.2 Å². The van der Waals surface area contributed by atoms with Crippen LogP contribution in [0.2, 0.25) is 0 Å². The summed E-state index contributed by atoms with van der Waals surface area (Å²) in [5.74, 6) is -0.247. The Morgan fingerprint density at radius 1 is 1.71 bits per heavy atom. The smallest absolute Gasteiger partial charge is 0.327 e. The number of carbonyl (C=O) groups is 1. The van der Waals surface area contributed by atoms with Crippen molar-refractivity contribution in [3.63, 3.8) is 0 Å². The number of carbonyl (C=O) groups excluding carboxylic acids is 1. The number of aliphatic hydroxyl groups is 1. The molecule has 1 aliphatic heterocycles. The van der Waals surface area contributed by atoms with E-state index in [4.69, 9.17) is 9.94 Å². The minimum absolute atomic E-state index is 0.00278. The molecule has 2 atom stereocenters. The lowest BCUT2D eigenvalue weighted by Crippen LogP contribution is -2.36. The zero-order chi connectivity index (χ0) is 10.6. The predicted molar refractivity (Wildman–Crippen MR) is 52.4 cm³/mol. The van der Waals surface area contributed by atoms with Gasteiger partial charge in [0.2, 0.25) is 0 Å². The zero-order valence-corrected chi connectivity index (χ0v) is 8.90. The van der Waals surface area contributed by atoms with Crippen molar-refractivity contribution >= 4 is 5.97 Å². The van der Waals surface area contributed by atoms with Crippen LogP contribution in [0.3, 0.4) is 0 Å². The molecule has 0 bridgehead atoms. The lowest BCUT2D eigenvalue weighted by Gasteiger charge is -2.22. The number of hydrogen-bond acceptors (Lipinski definition) is 4. The summed E-state index contributed by atoms with van der Waals surface area (Å²) in [7, 11) is 0. The maximum atomic E-state index is 11.4. The molecule has 14 heavy (non-hydrogen) atoms. The summed E-state index contributed by atoms with van der Waals surface area (Å²) in [6, 6.07) is 0.00278. The Hall–Kier alpha value is -0.610. The van der Waals surface area contributed by atoms with Crippen LogP contribution in [0.15, 0.2) is 0 Å². The van der Waals surface area contributed by atoms with Gasteiger partial charge < -0.3 is 9.94 Å². The van der Waals surface area contributed by atoms with Gasteiger partial charge in [-0.05, 0) is 19.3 Å². The number of hydroxylamine groups is 2. The van der Waals surface area contributed by atoms with Gasteiger partial charge in [0, 0.05) is 6.54 Å². The summed E-state index contributed by atoms with van der Waals surface area (Å²) in [6.07, 6.45) is 2.68. The Morgan fingerprint density at radius 2 is 2.43 bits per heavy atom. The van der Waals surface area contributed by atoms with Gasteiger partial charge in [-0.2, -0.15) is 0 Å². The summed E-state index contributed by atoms with van der Waals surface area (Å²) in [5, 5.41) is 10.6. The fraction of sp³-hybridized carbons (Fsp3) is 0.900. The van der Waals surface area contributed by atoms with E-state index < -0.39 is 0 Å². The van der Waals surface area contributed by atoms with Crippen LogP contribution in [0.25, 0.3) is 0 Å². The van der Waals surface area contributed by atoms with Gasteiger partial charge in [-0.25, -0.2) is 0 Å². The van der Waals surface area contributed by atoms with Gasteiger partial charge in [0.1, 0.15) is 0 Å². The molecule has 0 aromatic carbocycles. The van der Waals surface area contributed by atoms with Crippen molar-refractivity contribution in [2.45, 2.75) is 39.2 Å². The van der Waals surface area contributed by atoms with E-state index in [1.807, 2.05) is 13.8 Å². The second kappa shape index (κ2) is 5.32. The first-order valence-electron chi connectivity index (χ1n) is 5.28. The number of hydrogen-bond donors (Lipinski definition) is 1. The van der Waals surface area contributed by atoms with Crippen molar-refractivity contribution in [3.8, 4) is 0 Å². The van der Waals surface area contributed by atoms with Gasteiger partial charge in [0.05, 0.1) is 18.6 Å². The molecule has 1 aliphatic rings. The third kappa shape index (κ3) is 2.69. The first kappa shape index (κ1) is 11.5. The highest BCUT2D eigenvalue weighted by molar-refractivity contribution is 5.71. The third-order valence-electron chi connectivity index (χ3n) is 2.76. The van der Waals surface area contributed by atoms with Crippen LogP contribution in [0.4, 0.5) is 0 Å². The van der Waals surface area contributed by atoms with Crippen molar-refractivity contribution in [3.05, 3.63) is 0 Å². The molecule has 1 fully saturated rings. The van der Waals surface area contributed by atoms with Gasteiger partial charge in [0.15, 0.2) is 0 Å². The van der Waals surface area contributed by atoms with E-state index in [1.54, 1.807) is 5.06 Å². The van der Waals surface area contributed by atoms with E-state index in [9.17, 15) is 4.79 Å². The maximum Gasteiger partial charge on any atom is 0.327 e. The minimum atomic E-state index is -0.187. The molecule has 1 N–H and O–H groups in total. The molecule has 0 aromatic heterocycles. The molecule has 1 heterocycles. The topological polar surface area (TPSA) is 49.8 Å². The van der Waals surface area contributed by atoms with Crippen LogP contribution >= 0.6 is 0 Å². The molecule has 0 aliphatic carbocycles. The summed E-state index contributed by atoms with van der Waals surface area (Å²) >= 11 is 0. The maximum absolute atomic E-state index is 11.4. The quantitative estimate of drug-likeness (QED) is 0.735. The summed E-state index contributed by atoms with van der Waals surface area (Å²) in [4.78, 5) is 16.6. The summed E-state index contributed by atoms with van der Waals surface area (Å²) in [6.45, 7) is 4.62. The third-order valence-corrected chi connectivity index (χ3v) is 2.76. The molecule has 4 heteroatoms. The second-order valence-electron chi connectivity index (χ2n) is 3.84. The average molecular weight is 201 g/mol. The fourth-order valence-electron chi connectivity index (χ4n) is 1.48. The normalized spacial score (nSPS) is 24.9. The van der Waals surface area contributed by atoms with Gasteiger partial charge in [-0.15, -0.1) is 5.06 Å². The monoisotopic (exact) mass is 201 g/mol. The molecule has 82 valence electrons.